The average molecular weight is 440 g/mol. The van der Waals surface area contributed by atoms with Crippen LogP contribution in [-0.2, 0) is 14.3 Å². The highest BCUT2D eigenvalue weighted by Gasteiger charge is 2.46. The molecule has 0 spiro atoms. The van der Waals surface area contributed by atoms with Gasteiger partial charge in [-0.2, -0.15) is 0 Å². The van der Waals surface area contributed by atoms with Crippen molar-refractivity contribution in [2.24, 2.45) is 0 Å². The zero-order chi connectivity index (χ0) is 23.3. The molecule has 0 aromatic heterocycles. The number of rotatable bonds is 9. The normalized spacial score (nSPS) is 17.8. The van der Waals surface area contributed by atoms with Crippen molar-refractivity contribution in [3.8, 4) is 11.5 Å². The zero-order valence-electron chi connectivity index (χ0n) is 18.8. The molecular weight excluding hydrogens is 410 g/mol. The van der Waals surface area contributed by atoms with E-state index in [1.165, 1.54) is 12.0 Å². The summed E-state index contributed by atoms with van der Waals surface area (Å²) in [5.74, 6) is -0.429. The molecule has 0 bridgehead atoms. The fraction of sp³-hybridized carbons (Fsp3) is 0.360. The van der Waals surface area contributed by atoms with Crippen LogP contribution in [0.4, 0.5) is 0 Å². The van der Waals surface area contributed by atoms with Crippen molar-refractivity contribution in [3.05, 3.63) is 65.2 Å². The maximum atomic E-state index is 13.1. The molecule has 7 heteroatoms. The lowest BCUT2D eigenvalue weighted by atomic mass is 9.94. The summed E-state index contributed by atoms with van der Waals surface area (Å²) in [5.41, 5.74) is 1.10. The average Bonchev–Trinajstić information content (AvgIpc) is 3.03. The van der Waals surface area contributed by atoms with Crippen molar-refractivity contribution >= 4 is 17.4 Å². The number of nitrogens with zero attached hydrogens (tertiary/aromatic N) is 1. The number of Topliss-reactive ketones (excluding diaryl/α,β-unsaturated/α-hetero) is 1. The third kappa shape index (κ3) is 4.78. The Hall–Kier alpha value is -3.32. The van der Waals surface area contributed by atoms with Crippen molar-refractivity contribution < 1.29 is 28.9 Å². The largest absolute Gasteiger partial charge is 0.507 e. The van der Waals surface area contributed by atoms with Gasteiger partial charge in [0.2, 0.25) is 0 Å². The number of aliphatic hydroxyl groups is 1. The van der Waals surface area contributed by atoms with E-state index in [4.69, 9.17) is 14.2 Å². The summed E-state index contributed by atoms with van der Waals surface area (Å²) in [7, 11) is 3.11. The van der Waals surface area contributed by atoms with Gasteiger partial charge in [0.25, 0.3) is 11.7 Å². The smallest absolute Gasteiger partial charge is 0.295 e. The fourth-order valence-corrected chi connectivity index (χ4v) is 3.82. The Bertz CT molecular complexity index is 996. The predicted molar refractivity (Wildman–Crippen MR) is 121 cm³/mol. The molecule has 1 N–H and O–H groups in total. The summed E-state index contributed by atoms with van der Waals surface area (Å²) in [4.78, 5) is 27.5. The van der Waals surface area contributed by atoms with Crippen molar-refractivity contribution in [1.82, 2.24) is 4.90 Å². The van der Waals surface area contributed by atoms with Gasteiger partial charge in [0, 0.05) is 31.4 Å². The van der Waals surface area contributed by atoms with E-state index in [2.05, 4.69) is 0 Å². The van der Waals surface area contributed by atoms with E-state index in [1.807, 2.05) is 26.0 Å². The molecule has 1 heterocycles. The van der Waals surface area contributed by atoms with Gasteiger partial charge in [-0.3, -0.25) is 9.59 Å². The second kappa shape index (κ2) is 10.3. The van der Waals surface area contributed by atoms with Crippen LogP contribution in [0.15, 0.2) is 54.1 Å². The summed E-state index contributed by atoms with van der Waals surface area (Å²) < 4.78 is 16.3. The van der Waals surface area contributed by atoms with Gasteiger partial charge in [0.1, 0.15) is 17.3 Å². The van der Waals surface area contributed by atoms with E-state index in [9.17, 15) is 14.7 Å². The number of aliphatic hydroxyl groups excluding tert-OH is 1. The van der Waals surface area contributed by atoms with E-state index in [1.54, 1.807) is 43.5 Å². The molecule has 170 valence electrons. The number of ketones is 1. The lowest BCUT2D eigenvalue weighted by molar-refractivity contribution is -0.140. The van der Waals surface area contributed by atoms with Crippen LogP contribution in [0, 0.1) is 0 Å². The summed E-state index contributed by atoms with van der Waals surface area (Å²) >= 11 is 0. The van der Waals surface area contributed by atoms with Gasteiger partial charge < -0.3 is 24.2 Å². The number of methoxy groups -OCH3 is 2. The first-order valence-electron chi connectivity index (χ1n) is 10.6. The van der Waals surface area contributed by atoms with Crippen molar-refractivity contribution in [2.45, 2.75) is 32.4 Å². The minimum Gasteiger partial charge on any atom is -0.507 e. The van der Waals surface area contributed by atoms with Crippen LogP contribution in [0.2, 0.25) is 0 Å². The highest BCUT2D eigenvalue weighted by Crippen LogP contribution is 2.42. The number of benzene rings is 2. The second-order valence-corrected chi connectivity index (χ2v) is 7.77. The van der Waals surface area contributed by atoms with Crippen LogP contribution in [0.3, 0.4) is 0 Å². The van der Waals surface area contributed by atoms with E-state index < -0.39 is 17.7 Å². The Morgan fingerprint density at radius 1 is 1.06 bits per heavy atom. The fourth-order valence-electron chi connectivity index (χ4n) is 3.82. The summed E-state index contributed by atoms with van der Waals surface area (Å²) in [6, 6.07) is 13.2. The Morgan fingerprint density at radius 3 is 2.38 bits per heavy atom. The first-order chi connectivity index (χ1) is 15.4. The molecule has 1 unspecified atom stereocenters. The van der Waals surface area contributed by atoms with Crippen LogP contribution in [0.25, 0.3) is 5.76 Å². The molecule has 1 fully saturated rings. The Morgan fingerprint density at radius 2 is 1.75 bits per heavy atom. The molecule has 0 saturated carbocycles. The summed E-state index contributed by atoms with van der Waals surface area (Å²) in [6.07, 6.45) is 0.564. The number of ether oxygens (including phenoxy) is 3. The number of amides is 1. The van der Waals surface area contributed by atoms with E-state index in [-0.39, 0.29) is 17.4 Å². The highest BCUT2D eigenvalue weighted by atomic mass is 16.5. The quantitative estimate of drug-likeness (QED) is 0.276. The molecule has 2 aromatic rings. The van der Waals surface area contributed by atoms with Crippen LogP contribution in [0.5, 0.6) is 11.5 Å². The van der Waals surface area contributed by atoms with Gasteiger partial charge in [-0.05, 0) is 50.6 Å². The van der Waals surface area contributed by atoms with E-state index in [0.29, 0.717) is 42.2 Å². The Labute approximate surface area is 188 Å². The van der Waals surface area contributed by atoms with Crippen LogP contribution >= 0.6 is 0 Å². The topological polar surface area (TPSA) is 85.3 Å². The van der Waals surface area contributed by atoms with Crippen molar-refractivity contribution in [1.29, 1.82) is 0 Å². The van der Waals surface area contributed by atoms with E-state index in [0.717, 1.165) is 0 Å². The number of hydrogen-bond acceptors (Lipinski definition) is 6. The van der Waals surface area contributed by atoms with Crippen LogP contribution in [0.1, 0.15) is 37.4 Å². The third-order valence-corrected chi connectivity index (χ3v) is 5.22. The number of carbonyl (C=O) groups excluding carboxylic acids is 2. The van der Waals surface area contributed by atoms with Gasteiger partial charge in [0.15, 0.2) is 0 Å². The lowest BCUT2D eigenvalue weighted by Crippen LogP contribution is -2.31. The van der Waals surface area contributed by atoms with Gasteiger partial charge >= 0.3 is 0 Å². The van der Waals surface area contributed by atoms with Gasteiger partial charge in [-0.15, -0.1) is 0 Å². The van der Waals surface area contributed by atoms with Crippen LogP contribution in [-0.4, -0.2) is 55.2 Å². The van der Waals surface area contributed by atoms with Gasteiger partial charge in [-0.1, -0.05) is 18.2 Å². The van der Waals surface area contributed by atoms with Crippen molar-refractivity contribution in [2.75, 3.05) is 27.4 Å². The maximum absolute atomic E-state index is 13.1. The number of carbonyl (C=O) groups is 2. The summed E-state index contributed by atoms with van der Waals surface area (Å²) in [6.45, 7) is 4.59. The molecule has 1 aliphatic heterocycles. The monoisotopic (exact) mass is 439 g/mol. The molecule has 1 atom stereocenters. The third-order valence-electron chi connectivity index (χ3n) is 5.22. The first kappa shape index (κ1) is 23.3. The molecule has 1 aliphatic rings. The lowest BCUT2D eigenvalue weighted by Gasteiger charge is -2.26. The minimum atomic E-state index is -0.769. The number of likely N-dealkylation sites (tertiary alicyclic amines) is 1. The first-order valence-corrected chi connectivity index (χ1v) is 10.6. The Kier molecular flexibility index (Phi) is 7.53. The SMILES string of the molecule is COCCCN1C(=O)C(=O)C(=C(O)c2ccc(OC(C)C)cc2)C1c1ccccc1OC. The maximum Gasteiger partial charge on any atom is 0.295 e. The number of para-hydroxylation sites is 1. The van der Waals surface area contributed by atoms with Gasteiger partial charge in [0.05, 0.1) is 24.8 Å². The molecule has 7 nitrogen and oxygen atoms in total. The molecule has 0 aliphatic carbocycles. The van der Waals surface area contributed by atoms with Gasteiger partial charge in [-0.25, -0.2) is 0 Å². The molecule has 1 amide bonds. The van der Waals surface area contributed by atoms with Crippen molar-refractivity contribution in [3.63, 3.8) is 0 Å². The molecule has 0 radical (unpaired) electrons. The Balaban J connectivity index is 2.09. The molecular formula is C25H29NO6. The molecule has 1 saturated heterocycles. The molecule has 2 aromatic carbocycles. The molecule has 3 rings (SSSR count). The second-order valence-electron chi connectivity index (χ2n) is 7.77. The number of hydrogen-bond donors (Lipinski definition) is 1. The standard InChI is InChI=1S/C25H29NO6/c1-16(2)32-18-12-10-17(11-13-18)23(27)21-22(19-8-5-6-9-20(19)31-4)26(14-7-15-30-3)25(29)24(21)28/h5-6,8-13,16,22,27H,7,14-15H2,1-4H3. The highest BCUT2D eigenvalue weighted by molar-refractivity contribution is 6.46. The minimum absolute atomic E-state index is 0.0115. The zero-order valence-corrected chi connectivity index (χ0v) is 18.8. The molecule has 32 heavy (non-hydrogen) atoms. The summed E-state index contributed by atoms with van der Waals surface area (Å²) in [5, 5.41) is 11.1. The van der Waals surface area contributed by atoms with Crippen LogP contribution < -0.4 is 9.47 Å². The van der Waals surface area contributed by atoms with E-state index >= 15 is 0 Å². The predicted octanol–water partition coefficient (Wildman–Crippen LogP) is 3.94.